The molecular formula is C22H22N4O. The molecule has 0 radical (unpaired) electrons. The van der Waals surface area contributed by atoms with Gasteiger partial charge in [-0.05, 0) is 29.7 Å². The van der Waals surface area contributed by atoms with E-state index in [1.54, 1.807) is 0 Å². The topological polar surface area (TPSA) is 66.0 Å². The van der Waals surface area contributed by atoms with Gasteiger partial charge in [-0.15, -0.1) is 0 Å². The third kappa shape index (κ3) is 3.92. The molecule has 4 rings (SSSR count). The summed E-state index contributed by atoms with van der Waals surface area (Å²) in [5.41, 5.74) is 4.66. The predicted molar refractivity (Wildman–Crippen MR) is 109 cm³/mol. The minimum absolute atomic E-state index is 0.0645. The van der Waals surface area contributed by atoms with Crippen LogP contribution in [0.5, 0.6) is 0 Å². The van der Waals surface area contributed by atoms with Gasteiger partial charge in [0.2, 0.25) is 0 Å². The zero-order valence-corrected chi connectivity index (χ0v) is 15.0. The summed E-state index contributed by atoms with van der Waals surface area (Å²) >= 11 is 0. The molecule has 1 aromatic heterocycles. The minimum atomic E-state index is -0.0645. The van der Waals surface area contributed by atoms with Crippen molar-refractivity contribution >= 4 is 17.4 Å². The van der Waals surface area contributed by atoms with Crippen molar-refractivity contribution < 1.29 is 4.79 Å². The molecule has 0 aliphatic carbocycles. The number of hydrogen-bond acceptors (Lipinski definition) is 4. The van der Waals surface area contributed by atoms with Crippen molar-refractivity contribution in [1.82, 2.24) is 10.3 Å². The van der Waals surface area contributed by atoms with Crippen LogP contribution < -0.4 is 16.0 Å². The van der Waals surface area contributed by atoms with Gasteiger partial charge >= 0.3 is 0 Å². The van der Waals surface area contributed by atoms with E-state index in [0.717, 1.165) is 42.1 Å². The standard InChI is InChI=1S/C22H22N4O/c27-22(25-11-10-16-6-2-1-3-7-16)19-9-5-4-8-18(19)17-14-20-21(26-15-17)24-13-12-23-20/h1-9,14-15,23H,10-13H2,(H,24,26)(H,25,27). The molecule has 0 saturated heterocycles. The molecule has 5 heteroatoms. The highest BCUT2D eigenvalue weighted by molar-refractivity contribution is 6.01. The molecule has 1 aliphatic rings. The summed E-state index contributed by atoms with van der Waals surface area (Å²) in [6.45, 7) is 2.32. The van der Waals surface area contributed by atoms with Crippen LogP contribution in [0.2, 0.25) is 0 Å². The zero-order valence-electron chi connectivity index (χ0n) is 15.0. The SMILES string of the molecule is O=C(NCCc1ccccc1)c1ccccc1-c1cnc2c(c1)NCCN2. The van der Waals surface area contributed by atoms with Crippen molar-refractivity contribution in [1.29, 1.82) is 0 Å². The van der Waals surface area contributed by atoms with Crippen molar-refractivity contribution in [2.75, 3.05) is 30.3 Å². The Bertz CT molecular complexity index is 940. The Morgan fingerprint density at radius 3 is 2.67 bits per heavy atom. The lowest BCUT2D eigenvalue weighted by atomic mass is 10.00. The lowest BCUT2D eigenvalue weighted by Gasteiger charge is -2.20. The molecule has 0 atom stereocenters. The number of anilines is 2. The number of carbonyl (C=O) groups is 1. The van der Waals surface area contributed by atoms with Crippen molar-refractivity contribution in [3.05, 3.63) is 78.0 Å². The molecule has 0 bridgehead atoms. The molecule has 0 fully saturated rings. The lowest BCUT2D eigenvalue weighted by Crippen LogP contribution is -2.26. The Morgan fingerprint density at radius 1 is 1.00 bits per heavy atom. The van der Waals surface area contributed by atoms with Crippen LogP contribution in [-0.4, -0.2) is 30.5 Å². The van der Waals surface area contributed by atoms with E-state index in [2.05, 4.69) is 33.1 Å². The fourth-order valence-corrected chi connectivity index (χ4v) is 3.26. The Hall–Kier alpha value is -3.34. The summed E-state index contributed by atoms with van der Waals surface area (Å²) in [4.78, 5) is 17.3. The highest BCUT2D eigenvalue weighted by Gasteiger charge is 2.15. The number of amides is 1. The molecule has 0 unspecified atom stereocenters. The van der Waals surface area contributed by atoms with Gasteiger partial charge in [-0.25, -0.2) is 4.98 Å². The van der Waals surface area contributed by atoms with Gasteiger partial charge in [-0.3, -0.25) is 4.79 Å². The fraction of sp³-hybridized carbons (Fsp3) is 0.182. The second-order valence-corrected chi connectivity index (χ2v) is 6.51. The van der Waals surface area contributed by atoms with Crippen LogP contribution in [0, 0.1) is 0 Å². The fourth-order valence-electron chi connectivity index (χ4n) is 3.26. The van der Waals surface area contributed by atoms with Gasteiger partial charge in [0.25, 0.3) is 5.91 Å². The first-order chi connectivity index (χ1) is 13.3. The van der Waals surface area contributed by atoms with Gasteiger partial charge in [0.15, 0.2) is 0 Å². The van der Waals surface area contributed by atoms with Crippen molar-refractivity contribution in [3.8, 4) is 11.1 Å². The summed E-state index contributed by atoms with van der Waals surface area (Å²) in [7, 11) is 0. The normalized spacial score (nSPS) is 12.4. The quantitative estimate of drug-likeness (QED) is 0.652. The minimum Gasteiger partial charge on any atom is -0.380 e. The van der Waals surface area contributed by atoms with E-state index in [1.807, 2.05) is 54.7 Å². The second kappa shape index (κ2) is 7.91. The maximum atomic E-state index is 12.8. The number of nitrogens with zero attached hydrogens (tertiary/aromatic N) is 1. The van der Waals surface area contributed by atoms with E-state index >= 15 is 0 Å². The number of nitrogens with one attached hydrogen (secondary N) is 3. The number of rotatable bonds is 5. The van der Waals surface area contributed by atoms with E-state index in [1.165, 1.54) is 5.56 Å². The van der Waals surface area contributed by atoms with Crippen LogP contribution >= 0.6 is 0 Å². The molecule has 2 aromatic carbocycles. The van der Waals surface area contributed by atoms with E-state index in [9.17, 15) is 4.79 Å². The third-order valence-electron chi connectivity index (χ3n) is 4.65. The number of benzene rings is 2. The predicted octanol–water partition coefficient (Wildman–Crippen LogP) is 3.56. The van der Waals surface area contributed by atoms with Gasteiger partial charge in [0.05, 0.1) is 5.69 Å². The van der Waals surface area contributed by atoms with Crippen LogP contribution in [-0.2, 0) is 6.42 Å². The first-order valence-corrected chi connectivity index (χ1v) is 9.20. The molecule has 1 aliphatic heterocycles. The molecular weight excluding hydrogens is 336 g/mol. The Morgan fingerprint density at radius 2 is 1.78 bits per heavy atom. The van der Waals surface area contributed by atoms with Crippen LogP contribution in [0.25, 0.3) is 11.1 Å². The Labute approximate surface area is 158 Å². The number of fused-ring (bicyclic) bond motifs is 1. The second-order valence-electron chi connectivity index (χ2n) is 6.51. The molecule has 27 heavy (non-hydrogen) atoms. The van der Waals surface area contributed by atoms with Crippen LogP contribution in [0.15, 0.2) is 66.9 Å². The zero-order chi connectivity index (χ0) is 18.5. The first-order valence-electron chi connectivity index (χ1n) is 9.20. The Balaban J connectivity index is 1.51. The average Bonchev–Trinajstić information content (AvgIpc) is 2.74. The van der Waals surface area contributed by atoms with Crippen LogP contribution in [0.4, 0.5) is 11.5 Å². The molecule has 136 valence electrons. The molecule has 3 aromatic rings. The molecule has 1 amide bonds. The maximum absolute atomic E-state index is 12.8. The lowest BCUT2D eigenvalue weighted by molar-refractivity contribution is 0.0955. The van der Waals surface area contributed by atoms with E-state index in [0.29, 0.717) is 12.1 Å². The van der Waals surface area contributed by atoms with Gasteiger partial charge in [0.1, 0.15) is 5.82 Å². The molecule has 0 saturated carbocycles. The van der Waals surface area contributed by atoms with Crippen LogP contribution in [0.3, 0.4) is 0 Å². The van der Waals surface area contributed by atoms with E-state index < -0.39 is 0 Å². The molecule has 0 spiro atoms. The van der Waals surface area contributed by atoms with Crippen molar-refractivity contribution in [2.45, 2.75) is 6.42 Å². The number of aromatic nitrogens is 1. The van der Waals surface area contributed by atoms with Crippen molar-refractivity contribution in [2.24, 2.45) is 0 Å². The number of pyridine rings is 1. The van der Waals surface area contributed by atoms with E-state index in [-0.39, 0.29) is 5.91 Å². The monoisotopic (exact) mass is 358 g/mol. The highest BCUT2D eigenvalue weighted by atomic mass is 16.1. The number of hydrogen-bond donors (Lipinski definition) is 3. The summed E-state index contributed by atoms with van der Waals surface area (Å²) in [6.07, 6.45) is 2.62. The van der Waals surface area contributed by atoms with Crippen molar-refractivity contribution in [3.63, 3.8) is 0 Å². The maximum Gasteiger partial charge on any atom is 0.251 e. The Kier molecular flexibility index (Phi) is 5.01. The molecule has 3 N–H and O–H groups in total. The molecule has 2 heterocycles. The summed E-state index contributed by atoms with van der Waals surface area (Å²) in [5.74, 6) is 0.792. The summed E-state index contributed by atoms with van der Waals surface area (Å²) in [6, 6.07) is 19.9. The average molecular weight is 358 g/mol. The van der Waals surface area contributed by atoms with Gasteiger partial charge in [0, 0.05) is 37.0 Å². The van der Waals surface area contributed by atoms with E-state index in [4.69, 9.17) is 0 Å². The number of carbonyl (C=O) groups excluding carboxylic acids is 1. The van der Waals surface area contributed by atoms with Gasteiger partial charge < -0.3 is 16.0 Å². The highest BCUT2D eigenvalue weighted by Crippen LogP contribution is 2.30. The smallest absolute Gasteiger partial charge is 0.251 e. The summed E-state index contributed by atoms with van der Waals surface area (Å²) < 4.78 is 0. The molecule has 5 nitrogen and oxygen atoms in total. The third-order valence-corrected chi connectivity index (χ3v) is 4.65. The van der Waals surface area contributed by atoms with Crippen LogP contribution in [0.1, 0.15) is 15.9 Å². The van der Waals surface area contributed by atoms with Gasteiger partial charge in [-0.2, -0.15) is 0 Å². The van der Waals surface area contributed by atoms with Gasteiger partial charge in [-0.1, -0.05) is 48.5 Å². The summed E-state index contributed by atoms with van der Waals surface area (Å²) in [5, 5.41) is 9.65. The largest absolute Gasteiger partial charge is 0.380 e. The first kappa shape index (κ1) is 17.1.